The molecule has 16 heavy (non-hydrogen) atoms. The molecule has 0 fully saturated rings. The number of aryl methyl sites for hydroxylation is 1. The molecule has 86 valence electrons. The number of benzene rings is 1. The van der Waals surface area contributed by atoms with Crippen molar-refractivity contribution in [2.75, 3.05) is 6.26 Å². The third-order valence-electron chi connectivity index (χ3n) is 2.97. The highest BCUT2D eigenvalue weighted by molar-refractivity contribution is 7.98. The van der Waals surface area contributed by atoms with E-state index in [-0.39, 0.29) is 5.56 Å². The fraction of sp³-hybridized carbons (Fsp3) is 0.417. The van der Waals surface area contributed by atoms with Crippen LogP contribution < -0.4 is 0 Å². The molecule has 0 amide bonds. The van der Waals surface area contributed by atoms with Gasteiger partial charge in [0.15, 0.2) is 0 Å². The number of thioether (sulfide) groups is 1. The molecule has 1 aromatic carbocycles. The van der Waals surface area contributed by atoms with Gasteiger partial charge in [-0.15, -0.1) is 11.8 Å². The topological polar surface area (TPSA) is 37.3 Å². The molecule has 4 heteroatoms. The van der Waals surface area contributed by atoms with E-state index in [4.69, 9.17) is 16.7 Å². The zero-order valence-electron chi connectivity index (χ0n) is 9.05. The third-order valence-corrected chi connectivity index (χ3v) is 4.34. The van der Waals surface area contributed by atoms with Crippen molar-refractivity contribution in [2.24, 2.45) is 0 Å². The summed E-state index contributed by atoms with van der Waals surface area (Å²) in [5, 5.41) is 9.50. The number of hydrogen-bond donors (Lipinski definition) is 1. The van der Waals surface area contributed by atoms with E-state index in [2.05, 4.69) is 0 Å². The Hall–Kier alpha value is -0.670. The van der Waals surface area contributed by atoms with Crippen molar-refractivity contribution in [3.05, 3.63) is 27.8 Å². The van der Waals surface area contributed by atoms with E-state index in [9.17, 15) is 4.79 Å². The van der Waals surface area contributed by atoms with Gasteiger partial charge in [-0.2, -0.15) is 0 Å². The number of carboxylic acid groups (broad SMARTS) is 1. The molecular weight excluding hydrogens is 244 g/mol. The first-order valence-corrected chi connectivity index (χ1v) is 6.87. The van der Waals surface area contributed by atoms with Crippen LogP contribution in [0.3, 0.4) is 0 Å². The summed E-state index contributed by atoms with van der Waals surface area (Å²) in [4.78, 5) is 12.0. The number of halogens is 1. The van der Waals surface area contributed by atoms with Crippen molar-refractivity contribution in [2.45, 2.75) is 30.6 Å². The average molecular weight is 257 g/mol. The molecule has 2 nitrogen and oxygen atoms in total. The summed E-state index contributed by atoms with van der Waals surface area (Å²) in [7, 11) is 0. The van der Waals surface area contributed by atoms with Crippen molar-refractivity contribution in [3.63, 3.8) is 0 Å². The van der Waals surface area contributed by atoms with E-state index in [0.29, 0.717) is 5.02 Å². The lowest BCUT2D eigenvalue weighted by Gasteiger charge is -2.20. The van der Waals surface area contributed by atoms with Crippen LogP contribution in [0.1, 0.15) is 34.3 Å². The molecule has 0 aliphatic heterocycles. The molecule has 1 aromatic rings. The molecule has 0 bridgehead atoms. The molecule has 0 radical (unpaired) electrons. The lowest BCUT2D eigenvalue weighted by Crippen LogP contribution is -2.09. The lowest BCUT2D eigenvalue weighted by molar-refractivity contribution is 0.0696. The number of aromatic carboxylic acids is 1. The molecule has 0 spiro atoms. The minimum atomic E-state index is -0.936. The first-order chi connectivity index (χ1) is 7.65. The zero-order valence-corrected chi connectivity index (χ0v) is 10.6. The van der Waals surface area contributed by atoms with E-state index in [0.717, 1.165) is 29.7 Å². The largest absolute Gasteiger partial charge is 0.478 e. The summed E-state index contributed by atoms with van der Waals surface area (Å²) in [5.41, 5.74) is 2.66. The summed E-state index contributed by atoms with van der Waals surface area (Å²) in [6.45, 7) is 0. The zero-order chi connectivity index (χ0) is 11.7. The maximum absolute atomic E-state index is 11.1. The Morgan fingerprint density at radius 1 is 1.44 bits per heavy atom. The van der Waals surface area contributed by atoms with Crippen molar-refractivity contribution in [3.8, 4) is 0 Å². The first kappa shape index (κ1) is 11.8. The van der Waals surface area contributed by atoms with Crippen molar-refractivity contribution >= 4 is 29.3 Å². The maximum atomic E-state index is 11.1. The minimum Gasteiger partial charge on any atom is -0.478 e. The smallest absolute Gasteiger partial charge is 0.337 e. The predicted molar refractivity (Wildman–Crippen MR) is 66.8 cm³/mol. The molecule has 0 aromatic heterocycles. The quantitative estimate of drug-likeness (QED) is 0.821. The summed E-state index contributed by atoms with van der Waals surface area (Å²) in [6, 6.07) is 1.75. The van der Waals surface area contributed by atoms with Gasteiger partial charge in [-0.25, -0.2) is 4.79 Å². The minimum absolute atomic E-state index is 0.242. The van der Waals surface area contributed by atoms with Crippen LogP contribution in [0.2, 0.25) is 5.02 Å². The first-order valence-electron chi connectivity index (χ1n) is 5.26. The van der Waals surface area contributed by atoms with E-state index in [1.807, 2.05) is 6.26 Å². The Balaban J connectivity index is 2.64. The van der Waals surface area contributed by atoms with Crippen LogP contribution in [-0.2, 0) is 12.8 Å². The van der Waals surface area contributed by atoms with Crippen molar-refractivity contribution in [1.29, 1.82) is 0 Å². The average Bonchev–Trinajstić information content (AvgIpc) is 2.28. The molecule has 0 unspecified atom stereocenters. The van der Waals surface area contributed by atoms with Crippen molar-refractivity contribution < 1.29 is 9.90 Å². The van der Waals surface area contributed by atoms with Crippen LogP contribution >= 0.6 is 23.4 Å². The highest BCUT2D eigenvalue weighted by Crippen LogP contribution is 2.37. The molecule has 1 aliphatic carbocycles. The fourth-order valence-electron chi connectivity index (χ4n) is 2.21. The van der Waals surface area contributed by atoms with Crippen LogP contribution in [0.4, 0.5) is 0 Å². The van der Waals surface area contributed by atoms with E-state index in [1.165, 1.54) is 12.0 Å². The number of hydrogen-bond acceptors (Lipinski definition) is 2. The number of carboxylic acids is 1. The molecule has 0 saturated carbocycles. The van der Waals surface area contributed by atoms with Crippen molar-refractivity contribution in [1.82, 2.24) is 0 Å². The van der Waals surface area contributed by atoms with E-state index < -0.39 is 5.97 Å². The Kier molecular flexibility index (Phi) is 3.45. The summed E-state index contributed by atoms with van der Waals surface area (Å²) in [5.74, 6) is -0.936. The SMILES string of the molecule is CSc1c(Cl)c(C(=O)O)cc2c1CCCC2. The van der Waals surface area contributed by atoms with Crippen LogP contribution in [0.5, 0.6) is 0 Å². The monoisotopic (exact) mass is 256 g/mol. The van der Waals surface area contributed by atoms with Crippen LogP contribution in [0, 0.1) is 0 Å². The molecule has 1 N–H and O–H groups in total. The third kappa shape index (κ3) is 1.94. The second-order valence-electron chi connectivity index (χ2n) is 3.92. The predicted octanol–water partition coefficient (Wildman–Crippen LogP) is 3.64. The molecule has 0 saturated heterocycles. The lowest BCUT2D eigenvalue weighted by atomic mass is 9.90. The second-order valence-corrected chi connectivity index (χ2v) is 5.12. The highest BCUT2D eigenvalue weighted by Gasteiger charge is 2.21. The molecular formula is C12H13ClO2S. The van der Waals surface area contributed by atoms with Gasteiger partial charge in [-0.1, -0.05) is 11.6 Å². The number of rotatable bonds is 2. The van der Waals surface area contributed by atoms with Gasteiger partial charge >= 0.3 is 5.97 Å². The van der Waals surface area contributed by atoms with Gasteiger partial charge in [0.25, 0.3) is 0 Å². The highest BCUT2D eigenvalue weighted by atomic mass is 35.5. The normalized spacial score (nSPS) is 14.6. The van der Waals surface area contributed by atoms with Gasteiger partial charge in [-0.3, -0.25) is 0 Å². The van der Waals surface area contributed by atoms with E-state index in [1.54, 1.807) is 17.8 Å². The van der Waals surface area contributed by atoms with Gasteiger partial charge in [0.1, 0.15) is 0 Å². The van der Waals surface area contributed by atoms with Gasteiger partial charge in [-0.05, 0) is 49.1 Å². The van der Waals surface area contributed by atoms with Crippen LogP contribution in [0.15, 0.2) is 11.0 Å². The maximum Gasteiger partial charge on any atom is 0.337 e. The summed E-state index contributed by atoms with van der Waals surface area (Å²) < 4.78 is 0. The molecule has 0 atom stereocenters. The Morgan fingerprint density at radius 3 is 2.75 bits per heavy atom. The van der Waals surface area contributed by atoms with E-state index >= 15 is 0 Å². The van der Waals surface area contributed by atoms with Gasteiger partial charge in [0, 0.05) is 4.90 Å². The summed E-state index contributed by atoms with van der Waals surface area (Å²) in [6.07, 6.45) is 6.25. The number of fused-ring (bicyclic) bond motifs is 1. The standard InChI is InChI=1S/C12H13ClO2S/c1-16-11-8-5-3-2-4-7(8)6-9(10(11)13)12(14)15/h6H,2-5H2,1H3,(H,14,15). The molecule has 0 heterocycles. The van der Waals surface area contributed by atoms with Gasteiger partial charge in [0.2, 0.25) is 0 Å². The second kappa shape index (κ2) is 4.68. The van der Waals surface area contributed by atoms with Crippen LogP contribution in [-0.4, -0.2) is 17.3 Å². The Morgan fingerprint density at radius 2 is 2.12 bits per heavy atom. The summed E-state index contributed by atoms with van der Waals surface area (Å²) >= 11 is 7.69. The Bertz CT molecular complexity index is 443. The molecule has 2 rings (SSSR count). The Labute approximate surface area is 104 Å². The van der Waals surface area contributed by atoms with Gasteiger partial charge < -0.3 is 5.11 Å². The number of carbonyl (C=O) groups is 1. The molecule has 1 aliphatic rings. The van der Waals surface area contributed by atoms with Crippen LogP contribution in [0.25, 0.3) is 0 Å². The fourth-order valence-corrected chi connectivity index (χ4v) is 3.46. The van der Waals surface area contributed by atoms with Gasteiger partial charge in [0.05, 0.1) is 10.6 Å².